The van der Waals surface area contributed by atoms with E-state index in [4.69, 9.17) is 45.4 Å². The molecule has 0 aliphatic carbocycles. The Labute approximate surface area is 953 Å². The number of thiocarbonyl (C=S) groups is 1. The number of hydrogen-bond acceptors (Lipinski definition) is 38. The van der Waals surface area contributed by atoms with Gasteiger partial charge in [0.2, 0.25) is 53.2 Å². The van der Waals surface area contributed by atoms with Crippen molar-refractivity contribution in [3.8, 4) is 0 Å². The van der Waals surface area contributed by atoms with E-state index in [0.29, 0.717) is 172 Å². The number of benzene rings is 1. The minimum absolute atomic E-state index is 0. The van der Waals surface area contributed by atoms with Crippen molar-refractivity contribution in [3.63, 3.8) is 0 Å². The van der Waals surface area contributed by atoms with E-state index >= 15 is 0 Å². The molecule has 44 nitrogen and oxygen atoms in total. The molecule has 2 heterocycles. The van der Waals surface area contributed by atoms with Gasteiger partial charge in [-0.15, -0.1) is 0 Å². The van der Waals surface area contributed by atoms with Gasteiger partial charge in [0.1, 0.15) is 0 Å². The molecule has 0 aromatic heterocycles. The van der Waals surface area contributed by atoms with Crippen LogP contribution in [-0.2, 0) is 116 Å². The molecule has 0 bridgehead atoms. The van der Waals surface area contributed by atoms with E-state index < -0.39 is 99.3 Å². The molecule has 51 heteroatoms. The molecule has 5 unspecified atom stereocenters. The summed E-state index contributed by atoms with van der Waals surface area (Å²) >= 11 is 5.55. The maximum absolute atomic E-state index is 13.0. The van der Waals surface area contributed by atoms with Gasteiger partial charge in [0.15, 0.2) is 5.11 Å². The normalized spacial score (nSPS) is 15.6. The molecule has 0 saturated carbocycles. The number of methoxy groups -OCH3 is 7. The fourth-order valence-corrected chi connectivity index (χ4v) is 18.1. The summed E-state index contributed by atoms with van der Waals surface area (Å²) in [5, 5.41) is 49.9. The summed E-state index contributed by atoms with van der Waals surface area (Å²) in [6.07, 6.45) is 0.449. The van der Waals surface area contributed by atoms with Crippen molar-refractivity contribution < 1.29 is 200 Å². The van der Waals surface area contributed by atoms with Crippen molar-refractivity contribution in [2.24, 2.45) is 21.7 Å². The van der Waals surface area contributed by atoms with Gasteiger partial charge in [-0.05, 0) is 75.9 Å². The van der Waals surface area contributed by atoms with Crippen LogP contribution in [0.1, 0.15) is 144 Å². The van der Waals surface area contributed by atoms with Crippen molar-refractivity contribution in [2.75, 3.05) is 294 Å². The maximum atomic E-state index is 13.0. The van der Waals surface area contributed by atoms with Crippen molar-refractivity contribution in [2.45, 2.75) is 163 Å². The summed E-state index contributed by atoms with van der Waals surface area (Å²) in [5.41, 5.74) is -1.99. The fourth-order valence-electron chi connectivity index (χ4n) is 14.3. The second-order valence-electron chi connectivity index (χ2n) is 35.2. The molecule has 842 valence electrons. The zero-order valence-electron chi connectivity index (χ0n) is 86.4. The van der Waals surface area contributed by atoms with Crippen molar-refractivity contribution >= 4 is 161 Å². The Hall–Kier alpha value is -5.92. The van der Waals surface area contributed by atoms with E-state index in [1.165, 1.54) is 71.4 Å². The summed E-state index contributed by atoms with van der Waals surface area (Å²) in [6.45, 7) is 28.5. The first-order valence-corrected chi connectivity index (χ1v) is 52.5. The number of hydrogen-bond donors (Lipinski definition) is 13. The van der Waals surface area contributed by atoms with Crippen LogP contribution in [0.2, 0.25) is 0 Å². The molecule has 2 fully saturated rings. The summed E-state index contributed by atoms with van der Waals surface area (Å²) in [6, 6.07) is 7.41. The number of amides is 9. The second kappa shape index (κ2) is 85.5. The Morgan fingerprint density at radius 1 is 0.363 bits per heavy atom. The number of ether oxygens (including phenoxy) is 7. The quantitative estimate of drug-likeness (QED) is 0.0144. The molecule has 3 rings (SSSR count). The van der Waals surface area contributed by atoms with Crippen LogP contribution >= 0.6 is 55.4 Å². The monoisotopic (exact) mass is 2460 g/mol. The SMILES string of the molecule is C.C.C.C.CC.CCC(C)(CC(C)(C)C(=O)NCC(=O)NCC(=O)NCCSSCCNC(=O)CN1CCN(CC(=O)OC)CCN(CC(=O)OC)CCN(CC(=O)OC)CC1)C(=O)NCC(C)O.CCC(C)(CC(C)(C)C(=O)NCC(=O)NCC(=O)NCCSSCCNC(=S)Nc1ccc(CC2CN(CC(=O)OC)CCN(CC(=O)OC)CCN(CC(=O)OC)CCN2CC(=O)OC)cc1)C(=O)NCC(C)O.[Gd+3].[Gd+3]. The Morgan fingerprint density at radius 2 is 0.623 bits per heavy atom. The van der Waals surface area contributed by atoms with Gasteiger partial charge in [0.05, 0.1) is 141 Å². The van der Waals surface area contributed by atoms with Gasteiger partial charge in [-0.25, -0.2) is 0 Å². The van der Waals surface area contributed by atoms with Crippen LogP contribution in [0.15, 0.2) is 24.3 Å². The molecule has 2 saturated heterocycles. The first-order valence-electron chi connectivity index (χ1n) is 47.1. The van der Waals surface area contributed by atoms with E-state index in [1.807, 2.05) is 91.2 Å². The molecule has 13 N–H and O–H groups in total. The molecular weight excluding hydrogens is 2280 g/mol. The maximum Gasteiger partial charge on any atom is 3.00 e. The minimum atomic E-state index is -0.979. The molecule has 2 aliphatic rings. The third-order valence-electron chi connectivity index (χ3n) is 22.7. The van der Waals surface area contributed by atoms with Crippen LogP contribution < -0.4 is 58.5 Å². The third kappa shape index (κ3) is 68.2. The largest absolute Gasteiger partial charge is 3.00 e. The zero-order chi connectivity index (χ0) is 105. The van der Waals surface area contributed by atoms with Crippen LogP contribution in [0.25, 0.3) is 0 Å². The van der Waals surface area contributed by atoms with Gasteiger partial charge in [-0.2, -0.15) is 0 Å². The van der Waals surface area contributed by atoms with Gasteiger partial charge in [-0.3, -0.25) is 116 Å². The molecular formula is C95H177Gd2N19O25S5+6. The topological polar surface area (TPSA) is 536 Å². The van der Waals surface area contributed by atoms with Gasteiger partial charge in [-0.1, -0.05) is 154 Å². The predicted molar refractivity (Wildman–Crippen MR) is 571 cm³/mol. The molecule has 0 spiro atoms. The van der Waals surface area contributed by atoms with Crippen LogP contribution in [0.5, 0.6) is 0 Å². The molecule has 2 radical (unpaired) electrons. The average molecular weight is 2460 g/mol. The number of nitrogens with one attached hydrogen (secondary N) is 11. The molecule has 146 heavy (non-hydrogen) atoms. The second-order valence-corrected chi connectivity index (χ2v) is 41.0. The van der Waals surface area contributed by atoms with E-state index in [1.54, 1.807) is 77.0 Å². The molecule has 1 aromatic rings. The van der Waals surface area contributed by atoms with Gasteiger partial charge in [0.25, 0.3) is 0 Å². The smallest absolute Gasteiger partial charge is 0.468 e. The number of rotatable bonds is 55. The van der Waals surface area contributed by atoms with Crippen molar-refractivity contribution in [3.05, 3.63) is 29.8 Å². The Balaban J connectivity index is -0.000000643. The predicted octanol–water partition coefficient (Wildman–Crippen LogP) is 1.33. The van der Waals surface area contributed by atoms with E-state index in [0.717, 1.165) is 11.3 Å². The Bertz CT molecular complexity index is 3950. The van der Waals surface area contributed by atoms with Crippen LogP contribution in [0.3, 0.4) is 0 Å². The number of aliphatic hydroxyl groups excluding tert-OH is 2. The van der Waals surface area contributed by atoms with Crippen molar-refractivity contribution in [1.82, 2.24) is 92.4 Å². The standard InChI is InChI=1S/C49H82N10O13S3.C40H73N9O12S2.C2H6.4CH4.2Gd/c1-10-49(5,46(68)53-26-35(2)60)34-48(3,4)45(67)54-28-40(62)52-27-39(61)50-15-23-74-75-24-16-51-47(73)55-37-13-11-36(12-14-37)25-38-29-58(32-43(65)71-8)20-19-56(30-41(63)69-6)17-18-57(31-42(64)70-7)21-22-59(38)33-44(66)72-9;1-9-40(5,38(58)44-22-30(2)50)29-39(3,4)37(57)45-24-32(52)43-23-31(51)41-10-20-62-63-21-11-42-33(53)25-46-12-14-47(26-34(54)59-6)16-18-49(28-36(56)61-8)19-17-48(15-13-46)27-35(55)60-7;1-2;;;;;;/h11-14,35,38,60H,10,15-34H2,1-9H3,(H,50,61)(H,52,62)(H,53,68)(H,54,67)(H2,51,55,73);30,50H,9-29H2,1-8H3,(H,41,51)(H,42,53)(H,43,52)(H,44,58)(H,45,57);1-2H3;4*1H4;;/q;;;;;;;2*+3. The van der Waals surface area contributed by atoms with E-state index in [2.05, 4.69) is 58.5 Å². The molecule has 1 aromatic carbocycles. The number of nitrogens with zero attached hydrogens (tertiary/aromatic N) is 8. The Morgan fingerprint density at radius 3 is 0.925 bits per heavy atom. The van der Waals surface area contributed by atoms with E-state index in [-0.39, 0.29) is 250 Å². The third-order valence-corrected chi connectivity index (χ3v) is 27.8. The van der Waals surface area contributed by atoms with Gasteiger partial charge < -0.3 is 102 Å². The number of aliphatic hydroxyl groups is 2. The number of carbonyl (C=O) groups excluding carboxylic acids is 16. The molecule has 2 aliphatic heterocycles. The number of esters is 7. The number of anilines is 1. The number of carbonyl (C=O) groups is 16. The summed E-state index contributed by atoms with van der Waals surface area (Å²) in [4.78, 5) is 216. The molecule has 5 atom stereocenters. The Kier molecular flexibility index (Phi) is 88.3. The van der Waals surface area contributed by atoms with Gasteiger partial charge in [0, 0.05) is 194 Å². The van der Waals surface area contributed by atoms with Crippen LogP contribution in [0, 0.1) is 102 Å². The van der Waals surface area contributed by atoms with Crippen LogP contribution in [-0.4, -0.2) is 456 Å². The van der Waals surface area contributed by atoms with Crippen molar-refractivity contribution in [1.29, 1.82) is 0 Å². The first-order chi connectivity index (χ1) is 66.3. The fraction of sp³-hybridized carbons (Fsp3) is 0.758. The summed E-state index contributed by atoms with van der Waals surface area (Å²) < 4.78 is 34.7. The molecule has 9 amide bonds. The van der Waals surface area contributed by atoms with Crippen LogP contribution in [0.4, 0.5) is 5.69 Å². The first kappa shape index (κ1) is 151. The summed E-state index contributed by atoms with van der Waals surface area (Å²) in [7, 11) is 15.5. The average Bonchev–Trinajstić information content (AvgIpc) is 0.812. The minimum Gasteiger partial charge on any atom is -0.468 e. The van der Waals surface area contributed by atoms with Gasteiger partial charge >= 0.3 is 122 Å². The van der Waals surface area contributed by atoms with E-state index in [9.17, 15) is 86.9 Å². The zero-order valence-corrected chi connectivity index (χ0v) is 95.0. The summed E-state index contributed by atoms with van der Waals surface area (Å²) in [5.74, 6) is -3.72.